The van der Waals surface area contributed by atoms with Crippen molar-refractivity contribution < 1.29 is 22.7 Å². The highest BCUT2D eigenvalue weighted by Crippen LogP contribution is 2.30. The summed E-state index contributed by atoms with van der Waals surface area (Å²) in [4.78, 5) is 21.2. The first-order valence-electron chi connectivity index (χ1n) is 9.94. The van der Waals surface area contributed by atoms with Crippen LogP contribution in [0.15, 0.2) is 65.8 Å². The number of anilines is 1. The Morgan fingerprint density at radius 3 is 2.41 bits per heavy atom. The van der Waals surface area contributed by atoms with Crippen LogP contribution in [0.1, 0.15) is 10.4 Å². The molecule has 1 aliphatic rings. The Balaban J connectivity index is 1.55. The van der Waals surface area contributed by atoms with Gasteiger partial charge in [-0.05, 0) is 18.2 Å². The Labute approximate surface area is 186 Å². The molecule has 1 aromatic heterocycles. The van der Waals surface area contributed by atoms with Crippen LogP contribution in [-0.2, 0) is 14.8 Å². The molecule has 0 unspecified atom stereocenters. The average molecular weight is 455 g/mol. The number of hydrogen-bond acceptors (Lipinski definition) is 7. The maximum atomic E-state index is 13.1. The summed E-state index contributed by atoms with van der Waals surface area (Å²) in [6, 6.07) is 13.9. The Bertz CT molecular complexity index is 1190. The number of sulfonamides is 1. The number of carbonyl (C=O) groups excluding carboxylic acids is 1. The quantitative estimate of drug-likeness (QED) is 0.609. The fourth-order valence-corrected chi connectivity index (χ4v) is 4.86. The van der Waals surface area contributed by atoms with Crippen molar-refractivity contribution in [1.29, 1.82) is 0 Å². The summed E-state index contributed by atoms with van der Waals surface area (Å²) in [5, 5.41) is 2.70. The highest BCUT2D eigenvalue weighted by molar-refractivity contribution is 7.89. The number of carbonyl (C=O) groups is 1. The van der Waals surface area contributed by atoms with Gasteiger partial charge in [-0.15, -0.1) is 0 Å². The summed E-state index contributed by atoms with van der Waals surface area (Å²) in [5.74, 6) is 0.250. The number of benzene rings is 2. The second-order valence-electron chi connectivity index (χ2n) is 7.00. The van der Waals surface area contributed by atoms with Crippen LogP contribution in [0.3, 0.4) is 0 Å². The molecule has 3 aromatic rings. The lowest BCUT2D eigenvalue weighted by atomic mass is 10.2. The topological polar surface area (TPSA) is 111 Å². The van der Waals surface area contributed by atoms with Crippen molar-refractivity contribution in [1.82, 2.24) is 14.3 Å². The van der Waals surface area contributed by atoms with E-state index in [9.17, 15) is 13.2 Å². The van der Waals surface area contributed by atoms with Crippen molar-refractivity contribution in [2.24, 2.45) is 0 Å². The number of rotatable bonds is 6. The molecule has 0 bridgehead atoms. The smallest absolute Gasteiger partial charge is 0.258 e. The van der Waals surface area contributed by atoms with Crippen LogP contribution in [0.5, 0.6) is 5.75 Å². The van der Waals surface area contributed by atoms with Gasteiger partial charge in [0.25, 0.3) is 5.91 Å². The third-order valence-corrected chi connectivity index (χ3v) is 6.88. The molecule has 0 saturated carbocycles. The summed E-state index contributed by atoms with van der Waals surface area (Å²) in [6.07, 6.45) is 2.86. The lowest BCUT2D eigenvalue weighted by Crippen LogP contribution is -2.40. The van der Waals surface area contributed by atoms with Gasteiger partial charge < -0.3 is 14.8 Å². The van der Waals surface area contributed by atoms with Crippen molar-refractivity contribution >= 4 is 21.6 Å². The maximum Gasteiger partial charge on any atom is 0.258 e. The molecular formula is C22H22N4O5S. The first-order valence-corrected chi connectivity index (χ1v) is 11.4. The lowest BCUT2D eigenvalue weighted by Gasteiger charge is -2.26. The molecule has 0 spiro atoms. The van der Waals surface area contributed by atoms with Crippen molar-refractivity contribution in [3.8, 4) is 17.1 Å². The Kier molecular flexibility index (Phi) is 6.45. The standard InChI is InChI=1S/C22H22N4O5S/c1-30-19-8-7-18(13-20(19)32(28,29)26-9-11-31-12-10-26)25-22(27)17-14-23-21(24-15-17)16-5-3-2-4-6-16/h2-8,13-15H,9-12H2,1H3,(H,25,27). The van der Waals surface area contributed by atoms with Crippen LogP contribution in [0.4, 0.5) is 5.69 Å². The van der Waals surface area contributed by atoms with E-state index in [-0.39, 0.29) is 29.3 Å². The number of nitrogens with zero attached hydrogens (tertiary/aromatic N) is 3. The van der Waals surface area contributed by atoms with Crippen LogP contribution < -0.4 is 10.1 Å². The number of nitrogens with one attached hydrogen (secondary N) is 1. The molecule has 1 saturated heterocycles. The van der Waals surface area contributed by atoms with Crippen molar-refractivity contribution in [3.63, 3.8) is 0 Å². The number of methoxy groups -OCH3 is 1. The van der Waals surface area contributed by atoms with E-state index >= 15 is 0 Å². The fourth-order valence-electron chi connectivity index (χ4n) is 3.27. The predicted octanol–water partition coefficient (Wildman–Crippen LogP) is 2.43. The van der Waals surface area contributed by atoms with Crippen molar-refractivity contribution in [2.45, 2.75) is 4.90 Å². The Morgan fingerprint density at radius 2 is 1.75 bits per heavy atom. The minimum Gasteiger partial charge on any atom is -0.495 e. The molecule has 0 aliphatic carbocycles. The highest BCUT2D eigenvalue weighted by Gasteiger charge is 2.29. The molecule has 1 amide bonds. The molecular weight excluding hydrogens is 432 g/mol. The number of ether oxygens (including phenoxy) is 2. The van der Waals surface area contributed by atoms with Crippen molar-refractivity contribution in [3.05, 3.63) is 66.5 Å². The first kappa shape index (κ1) is 21.9. The molecule has 0 radical (unpaired) electrons. The van der Waals surface area contributed by atoms with Crippen LogP contribution >= 0.6 is 0 Å². The second kappa shape index (κ2) is 9.43. The highest BCUT2D eigenvalue weighted by atomic mass is 32.2. The predicted molar refractivity (Wildman–Crippen MR) is 118 cm³/mol. The summed E-state index contributed by atoms with van der Waals surface area (Å²) < 4.78 is 38.0. The summed E-state index contributed by atoms with van der Waals surface area (Å²) in [7, 11) is -2.41. The molecule has 2 heterocycles. The number of amides is 1. The van der Waals surface area contributed by atoms with Gasteiger partial charge in [-0.3, -0.25) is 4.79 Å². The summed E-state index contributed by atoms with van der Waals surface area (Å²) in [6.45, 7) is 1.17. The zero-order valence-corrected chi connectivity index (χ0v) is 18.2. The van der Waals surface area contributed by atoms with Gasteiger partial charge in [-0.2, -0.15) is 4.31 Å². The van der Waals surface area contributed by atoms with E-state index in [1.165, 1.54) is 35.9 Å². The molecule has 0 atom stereocenters. The van der Waals surface area contributed by atoms with E-state index in [0.29, 0.717) is 24.7 Å². The van der Waals surface area contributed by atoms with E-state index < -0.39 is 15.9 Å². The van der Waals surface area contributed by atoms with Crippen molar-refractivity contribution in [2.75, 3.05) is 38.7 Å². The number of morpholine rings is 1. The molecule has 166 valence electrons. The van der Waals surface area contributed by atoms with E-state index in [1.807, 2.05) is 30.3 Å². The third kappa shape index (κ3) is 4.62. The van der Waals surface area contributed by atoms with Gasteiger partial charge in [-0.25, -0.2) is 18.4 Å². The first-order chi connectivity index (χ1) is 15.5. The molecule has 10 heteroatoms. The second-order valence-corrected chi connectivity index (χ2v) is 8.90. The van der Waals surface area contributed by atoms with E-state index in [0.717, 1.165) is 5.56 Å². The normalized spacial score (nSPS) is 14.7. The fraction of sp³-hybridized carbons (Fsp3) is 0.227. The van der Waals surface area contributed by atoms with Gasteiger partial charge >= 0.3 is 0 Å². The average Bonchev–Trinajstić information content (AvgIpc) is 2.85. The van der Waals surface area contributed by atoms with Gasteiger partial charge in [0, 0.05) is 36.7 Å². The number of aromatic nitrogens is 2. The summed E-state index contributed by atoms with van der Waals surface area (Å²) >= 11 is 0. The number of hydrogen-bond donors (Lipinski definition) is 1. The van der Waals surface area contributed by atoms with Crippen LogP contribution in [0.2, 0.25) is 0 Å². The third-order valence-electron chi connectivity index (χ3n) is 4.96. The summed E-state index contributed by atoms with van der Waals surface area (Å²) in [5.41, 5.74) is 1.40. The zero-order valence-electron chi connectivity index (χ0n) is 17.4. The molecule has 4 rings (SSSR count). The van der Waals surface area contributed by atoms with Gasteiger partial charge in [0.2, 0.25) is 10.0 Å². The lowest BCUT2D eigenvalue weighted by molar-refractivity contribution is 0.0729. The molecule has 2 aromatic carbocycles. The SMILES string of the molecule is COc1ccc(NC(=O)c2cnc(-c3ccccc3)nc2)cc1S(=O)(=O)N1CCOCC1. The Morgan fingerprint density at radius 1 is 1.06 bits per heavy atom. The maximum absolute atomic E-state index is 13.1. The van der Waals surface area contributed by atoms with Gasteiger partial charge in [0.15, 0.2) is 5.82 Å². The largest absolute Gasteiger partial charge is 0.495 e. The molecule has 9 nitrogen and oxygen atoms in total. The monoisotopic (exact) mass is 454 g/mol. The zero-order chi connectivity index (χ0) is 22.6. The Hall–Kier alpha value is -3.34. The van der Waals surface area contributed by atoms with Gasteiger partial charge in [-0.1, -0.05) is 30.3 Å². The molecule has 32 heavy (non-hydrogen) atoms. The van der Waals surface area contributed by atoms with E-state index in [4.69, 9.17) is 9.47 Å². The minimum absolute atomic E-state index is 0.0182. The van der Waals surface area contributed by atoms with E-state index in [2.05, 4.69) is 15.3 Å². The van der Waals surface area contributed by atoms with E-state index in [1.54, 1.807) is 6.07 Å². The minimum atomic E-state index is -3.81. The molecule has 1 aliphatic heterocycles. The van der Waals surface area contributed by atoms with Crippen LogP contribution in [0.25, 0.3) is 11.4 Å². The molecule has 1 N–H and O–H groups in total. The molecule has 1 fully saturated rings. The van der Waals surface area contributed by atoms with Gasteiger partial charge in [0.1, 0.15) is 10.6 Å². The van der Waals surface area contributed by atoms with Gasteiger partial charge in [0.05, 0.1) is 25.9 Å². The van der Waals surface area contributed by atoms with Crippen LogP contribution in [-0.4, -0.2) is 62.0 Å². The van der Waals surface area contributed by atoms with Crippen LogP contribution in [0, 0.1) is 0 Å².